The molecule has 2 aromatic heterocycles. The van der Waals surface area contributed by atoms with E-state index in [2.05, 4.69) is 10.4 Å². The van der Waals surface area contributed by atoms with Crippen LogP contribution in [-0.2, 0) is 27.3 Å². The molecule has 0 saturated heterocycles. The molecule has 0 saturated carbocycles. The molecule has 7 heteroatoms. The van der Waals surface area contributed by atoms with Gasteiger partial charge in [-0.3, -0.25) is 9.48 Å². The minimum absolute atomic E-state index is 0.291. The third-order valence-corrected chi connectivity index (χ3v) is 4.81. The van der Waals surface area contributed by atoms with Crippen LogP contribution in [0.5, 0.6) is 0 Å². The Labute approximate surface area is 167 Å². The Balaban J connectivity index is 1.37. The van der Waals surface area contributed by atoms with E-state index in [1.807, 2.05) is 54.0 Å². The zero-order valence-electron chi connectivity index (χ0n) is 15.3. The summed E-state index contributed by atoms with van der Waals surface area (Å²) in [5.74, 6) is -0.877. The molecule has 0 aliphatic heterocycles. The van der Waals surface area contributed by atoms with Crippen LogP contribution in [0.2, 0.25) is 0 Å². The Morgan fingerprint density at radius 1 is 1.18 bits per heavy atom. The molecule has 0 atom stereocenters. The number of hydrogen-bond acceptors (Lipinski definition) is 5. The van der Waals surface area contributed by atoms with Crippen molar-refractivity contribution < 1.29 is 14.3 Å². The minimum atomic E-state index is -0.566. The molecule has 2 heterocycles. The molecule has 144 valence electrons. The summed E-state index contributed by atoms with van der Waals surface area (Å²) >= 11 is 1.65. The number of carbonyl (C=O) groups is 2. The first-order chi connectivity index (χ1) is 13.7. The number of aromatic nitrogens is 2. The molecule has 0 aliphatic carbocycles. The van der Waals surface area contributed by atoms with Gasteiger partial charge in [-0.15, -0.1) is 11.3 Å². The summed E-state index contributed by atoms with van der Waals surface area (Å²) in [6.07, 6.45) is 7.19. The van der Waals surface area contributed by atoms with Crippen molar-refractivity contribution in [3.8, 4) is 0 Å². The molecule has 0 bridgehead atoms. The van der Waals surface area contributed by atoms with Gasteiger partial charge in [0.05, 0.1) is 12.7 Å². The first-order valence-electron chi connectivity index (χ1n) is 8.89. The normalized spacial score (nSPS) is 10.9. The monoisotopic (exact) mass is 395 g/mol. The smallest absolute Gasteiger partial charge is 0.331 e. The van der Waals surface area contributed by atoms with Crippen molar-refractivity contribution in [3.63, 3.8) is 0 Å². The number of ether oxygens (including phenoxy) is 1. The maximum Gasteiger partial charge on any atom is 0.331 e. The third-order valence-electron chi connectivity index (χ3n) is 3.87. The molecule has 0 unspecified atom stereocenters. The average Bonchev–Trinajstić information content (AvgIpc) is 3.38. The van der Waals surface area contributed by atoms with E-state index in [4.69, 9.17) is 4.74 Å². The van der Waals surface area contributed by atoms with E-state index in [0.717, 1.165) is 17.5 Å². The maximum absolute atomic E-state index is 11.8. The van der Waals surface area contributed by atoms with Crippen molar-refractivity contribution in [1.29, 1.82) is 0 Å². The maximum atomic E-state index is 11.8. The highest BCUT2D eigenvalue weighted by Gasteiger charge is 2.05. The highest BCUT2D eigenvalue weighted by atomic mass is 32.1. The van der Waals surface area contributed by atoms with Crippen molar-refractivity contribution in [2.24, 2.45) is 0 Å². The van der Waals surface area contributed by atoms with E-state index >= 15 is 0 Å². The van der Waals surface area contributed by atoms with Crippen LogP contribution < -0.4 is 5.32 Å². The van der Waals surface area contributed by atoms with Crippen molar-refractivity contribution in [2.45, 2.75) is 13.0 Å². The second-order valence-electron chi connectivity index (χ2n) is 6.08. The number of benzene rings is 1. The number of amides is 1. The Morgan fingerprint density at radius 2 is 2.04 bits per heavy atom. The molecule has 3 aromatic rings. The summed E-state index contributed by atoms with van der Waals surface area (Å²) < 4.78 is 6.75. The molecule has 1 aromatic carbocycles. The molecule has 0 spiro atoms. The van der Waals surface area contributed by atoms with E-state index < -0.39 is 5.97 Å². The molecule has 0 aliphatic rings. The van der Waals surface area contributed by atoms with Crippen LogP contribution in [0, 0.1) is 0 Å². The van der Waals surface area contributed by atoms with E-state index in [-0.39, 0.29) is 12.5 Å². The minimum Gasteiger partial charge on any atom is -0.452 e. The summed E-state index contributed by atoms with van der Waals surface area (Å²) in [6, 6.07) is 14.0. The van der Waals surface area contributed by atoms with Gasteiger partial charge in [-0.05, 0) is 29.5 Å². The summed E-state index contributed by atoms with van der Waals surface area (Å²) in [5, 5.41) is 8.99. The standard InChI is InChI=1S/C21H21N3O3S/c25-20(22-11-10-19-7-4-12-28-19)16-27-21(26)9-8-18-13-23-24(15-18)14-17-5-2-1-3-6-17/h1-9,12-13,15H,10-11,14,16H2,(H,22,25)/b9-8+. The number of carbonyl (C=O) groups excluding carboxylic acids is 2. The number of thiophene rings is 1. The lowest BCUT2D eigenvalue weighted by Crippen LogP contribution is -2.30. The van der Waals surface area contributed by atoms with Gasteiger partial charge in [0.2, 0.25) is 0 Å². The molecular weight excluding hydrogens is 374 g/mol. The fraction of sp³-hybridized carbons (Fsp3) is 0.190. The predicted octanol–water partition coefficient (Wildman–Crippen LogP) is 2.91. The fourth-order valence-electron chi connectivity index (χ4n) is 2.50. The lowest BCUT2D eigenvalue weighted by molar-refractivity contribution is -0.143. The van der Waals surface area contributed by atoms with E-state index in [9.17, 15) is 9.59 Å². The Hall–Kier alpha value is -3.19. The van der Waals surface area contributed by atoms with Crippen LogP contribution in [0.4, 0.5) is 0 Å². The van der Waals surface area contributed by atoms with Gasteiger partial charge in [0.25, 0.3) is 5.91 Å². The molecule has 28 heavy (non-hydrogen) atoms. The highest BCUT2D eigenvalue weighted by molar-refractivity contribution is 7.09. The van der Waals surface area contributed by atoms with Gasteiger partial charge < -0.3 is 10.1 Å². The first-order valence-corrected chi connectivity index (χ1v) is 9.77. The average molecular weight is 395 g/mol. The van der Waals surface area contributed by atoms with Gasteiger partial charge >= 0.3 is 5.97 Å². The van der Waals surface area contributed by atoms with Crippen molar-refractivity contribution in [2.75, 3.05) is 13.2 Å². The first kappa shape index (κ1) is 19.6. The molecule has 1 amide bonds. The number of rotatable bonds is 9. The summed E-state index contributed by atoms with van der Waals surface area (Å²) in [4.78, 5) is 24.7. The highest BCUT2D eigenvalue weighted by Crippen LogP contribution is 2.08. The van der Waals surface area contributed by atoms with Gasteiger partial charge in [-0.2, -0.15) is 5.10 Å². The second-order valence-corrected chi connectivity index (χ2v) is 7.11. The second kappa shape index (κ2) is 10.2. The van der Waals surface area contributed by atoms with Crippen LogP contribution in [0.3, 0.4) is 0 Å². The van der Waals surface area contributed by atoms with E-state index in [1.54, 1.807) is 28.3 Å². The van der Waals surface area contributed by atoms with Crippen LogP contribution in [0.1, 0.15) is 16.0 Å². The zero-order chi connectivity index (χ0) is 19.6. The lowest BCUT2D eigenvalue weighted by atomic mass is 10.2. The number of esters is 1. The summed E-state index contributed by atoms with van der Waals surface area (Å²) in [7, 11) is 0. The predicted molar refractivity (Wildman–Crippen MR) is 109 cm³/mol. The molecular formula is C21H21N3O3S. The Morgan fingerprint density at radius 3 is 2.82 bits per heavy atom. The van der Waals surface area contributed by atoms with Gasteiger partial charge in [0.1, 0.15) is 0 Å². The van der Waals surface area contributed by atoms with Gasteiger partial charge in [0.15, 0.2) is 6.61 Å². The van der Waals surface area contributed by atoms with Crippen LogP contribution in [0.25, 0.3) is 6.08 Å². The van der Waals surface area contributed by atoms with Crippen LogP contribution >= 0.6 is 11.3 Å². The Kier molecular flexibility index (Phi) is 7.14. The third kappa shape index (κ3) is 6.51. The fourth-order valence-corrected chi connectivity index (χ4v) is 3.21. The molecule has 3 rings (SSSR count). The quantitative estimate of drug-likeness (QED) is 0.447. The van der Waals surface area contributed by atoms with E-state index in [0.29, 0.717) is 13.1 Å². The largest absolute Gasteiger partial charge is 0.452 e. The summed E-state index contributed by atoms with van der Waals surface area (Å²) in [6.45, 7) is 0.888. The van der Waals surface area contributed by atoms with Crippen molar-refractivity contribution in [3.05, 3.63) is 82.3 Å². The number of nitrogens with one attached hydrogen (secondary N) is 1. The zero-order valence-corrected chi connectivity index (χ0v) is 16.1. The van der Waals surface area contributed by atoms with Crippen molar-refractivity contribution >= 4 is 29.3 Å². The number of nitrogens with zero attached hydrogens (tertiary/aromatic N) is 2. The van der Waals surface area contributed by atoms with Gasteiger partial charge in [0, 0.05) is 29.3 Å². The Bertz CT molecular complexity index is 918. The van der Waals surface area contributed by atoms with Crippen LogP contribution in [-0.4, -0.2) is 34.8 Å². The topological polar surface area (TPSA) is 73.2 Å². The lowest BCUT2D eigenvalue weighted by Gasteiger charge is -2.04. The number of hydrogen-bond donors (Lipinski definition) is 1. The van der Waals surface area contributed by atoms with Crippen molar-refractivity contribution in [1.82, 2.24) is 15.1 Å². The molecule has 0 fully saturated rings. The van der Waals surface area contributed by atoms with Crippen LogP contribution in [0.15, 0.2) is 66.3 Å². The summed E-state index contributed by atoms with van der Waals surface area (Å²) in [5.41, 5.74) is 1.93. The van der Waals surface area contributed by atoms with Gasteiger partial charge in [-0.1, -0.05) is 36.4 Å². The molecule has 1 N–H and O–H groups in total. The van der Waals surface area contributed by atoms with E-state index in [1.165, 1.54) is 11.0 Å². The van der Waals surface area contributed by atoms with Gasteiger partial charge in [-0.25, -0.2) is 4.79 Å². The molecule has 6 nitrogen and oxygen atoms in total. The molecule has 0 radical (unpaired) electrons. The SMILES string of the molecule is O=C(COC(=O)/C=C/c1cnn(Cc2ccccc2)c1)NCCc1cccs1.